The third-order valence-electron chi connectivity index (χ3n) is 5.26. The van der Waals surface area contributed by atoms with E-state index in [1.807, 2.05) is 35.2 Å². The number of carbonyl (C=O) groups excluding carboxylic acids is 1. The molecule has 1 saturated heterocycles. The van der Waals surface area contributed by atoms with E-state index in [1.165, 1.54) is 12.0 Å². The van der Waals surface area contributed by atoms with Crippen LogP contribution in [0.5, 0.6) is 0 Å². The Hall–Kier alpha value is -2.20. The number of halogens is 1. The summed E-state index contributed by atoms with van der Waals surface area (Å²) in [5.41, 5.74) is 4.67. The third kappa shape index (κ3) is 3.77. The predicted octanol–water partition coefficient (Wildman–Crippen LogP) is 5.84. The third-order valence-corrected chi connectivity index (χ3v) is 5.75. The van der Waals surface area contributed by atoms with E-state index in [2.05, 4.69) is 48.0 Å². The van der Waals surface area contributed by atoms with Crippen LogP contribution in [0.15, 0.2) is 53.0 Å². The highest BCUT2D eigenvalue weighted by molar-refractivity contribution is 9.10. The van der Waals surface area contributed by atoms with Gasteiger partial charge in [-0.25, -0.2) is 4.98 Å². The fourth-order valence-corrected chi connectivity index (χ4v) is 4.23. The van der Waals surface area contributed by atoms with Crippen molar-refractivity contribution in [1.29, 1.82) is 0 Å². The van der Waals surface area contributed by atoms with Gasteiger partial charge in [0.25, 0.3) is 5.91 Å². The Kier molecular flexibility index (Phi) is 5.00. The number of pyridine rings is 1. The number of fused-ring (bicyclic) bond motifs is 1. The molecule has 4 rings (SSSR count). The monoisotopic (exact) mass is 422 g/mol. The van der Waals surface area contributed by atoms with E-state index in [4.69, 9.17) is 4.98 Å². The van der Waals surface area contributed by atoms with Crippen molar-refractivity contribution in [3.8, 4) is 11.3 Å². The molecule has 4 heteroatoms. The van der Waals surface area contributed by atoms with Crippen molar-refractivity contribution in [1.82, 2.24) is 9.88 Å². The first-order valence-electron chi connectivity index (χ1n) is 9.48. The van der Waals surface area contributed by atoms with Gasteiger partial charge in [-0.2, -0.15) is 0 Å². The van der Waals surface area contributed by atoms with Crippen LogP contribution >= 0.6 is 15.9 Å². The molecule has 0 unspecified atom stereocenters. The van der Waals surface area contributed by atoms with Crippen LogP contribution in [0.25, 0.3) is 22.2 Å². The van der Waals surface area contributed by atoms with E-state index in [-0.39, 0.29) is 5.91 Å². The van der Waals surface area contributed by atoms with Gasteiger partial charge in [0, 0.05) is 28.5 Å². The number of hydrogen-bond acceptors (Lipinski definition) is 2. The number of hydrogen-bond donors (Lipinski definition) is 0. The lowest BCUT2D eigenvalue weighted by molar-refractivity contribution is 0.0685. The van der Waals surface area contributed by atoms with Gasteiger partial charge in [-0.3, -0.25) is 4.79 Å². The number of benzene rings is 2. The predicted molar refractivity (Wildman–Crippen MR) is 114 cm³/mol. The number of rotatable bonds is 2. The maximum absolute atomic E-state index is 13.4. The molecular formula is C23H23BrN2O. The quantitative estimate of drug-likeness (QED) is 0.519. The first-order chi connectivity index (χ1) is 13.0. The van der Waals surface area contributed by atoms with Gasteiger partial charge in [-0.05, 0) is 56.0 Å². The average molecular weight is 423 g/mol. The number of aromatic nitrogens is 1. The Labute approximate surface area is 168 Å². The smallest absolute Gasteiger partial charge is 0.254 e. The number of nitrogens with zero attached hydrogens (tertiary/aromatic N) is 2. The van der Waals surface area contributed by atoms with Gasteiger partial charge >= 0.3 is 0 Å². The second kappa shape index (κ2) is 7.43. The summed E-state index contributed by atoms with van der Waals surface area (Å²) in [5, 5.41) is 0.906. The normalized spacial score (nSPS) is 17.3. The van der Waals surface area contributed by atoms with Gasteiger partial charge < -0.3 is 4.90 Å². The number of likely N-dealkylation sites (tertiary alicyclic amines) is 1. The van der Waals surface area contributed by atoms with Crippen molar-refractivity contribution in [2.24, 2.45) is 5.92 Å². The number of piperidine rings is 1. The maximum atomic E-state index is 13.4. The lowest BCUT2D eigenvalue weighted by Gasteiger charge is -2.31. The highest BCUT2D eigenvalue weighted by Crippen LogP contribution is 2.29. The molecule has 1 aliphatic rings. The standard InChI is InChI=1S/C23H23BrN2O/c1-15-5-3-7-17(11-15)22-13-20(19-12-18(24)8-9-21(19)25-22)23(27)26-10-4-6-16(2)14-26/h3,5,7-9,11-13,16H,4,6,10,14H2,1-2H3/t16-/m0/s1. The van der Waals surface area contributed by atoms with Crippen LogP contribution in [0.2, 0.25) is 0 Å². The summed E-state index contributed by atoms with van der Waals surface area (Å²) in [7, 11) is 0. The van der Waals surface area contributed by atoms with Crippen LogP contribution in [0.4, 0.5) is 0 Å². The molecule has 0 N–H and O–H groups in total. The molecule has 1 aliphatic heterocycles. The van der Waals surface area contributed by atoms with Crippen molar-refractivity contribution in [3.63, 3.8) is 0 Å². The van der Waals surface area contributed by atoms with Crippen LogP contribution < -0.4 is 0 Å². The first kappa shape index (κ1) is 18.2. The summed E-state index contributed by atoms with van der Waals surface area (Å²) in [6, 6.07) is 16.2. The van der Waals surface area contributed by atoms with Crippen LogP contribution in [-0.2, 0) is 0 Å². The SMILES string of the molecule is Cc1cccc(-c2cc(C(=O)N3CCC[C@H](C)C3)c3cc(Br)ccc3n2)c1. The Bertz CT molecular complexity index is 1010. The zero-order chi connectivity index (χ0) is 19.0. The summed E-state index contributed by atoms with van der Waals surface area (Å²) in [6.07, 6.45) is 2.27. The Morgan fingerprint density at radius 2 is 2.04 bits per heavy atom. The fraction of sp³-hybridized carbons (Fsp3) is 0.304. The summed E-state index contributed by atoms with van der Waals surface area (Å²) >= 11 is 3.54. The van der Waals surface area contributed by atoms with Gasteiger partial charge in [0.2, 0.25) is 0 Å². The Morgan fingerprint density at radius 3 is 2.81 bits per heavy atom. The van der Waals surface area contributed by atoms with E-state index in [0.717, 1.165) is 51.7 Å². The minimum absolute atomic E-state index is 0.112. The summed E-state index contributed by atoms with van der Waals surface area (Å²) in [4.78, 5) is 20.2. The van der Waals surface area contributed by atoms with E-state index in [1.54, 1.807) is 0 Å². The molecule has 0 aliphatic carbocycles. The molecule has 1 amide bonds. The average Bonchev–Trinajstić information content (AvgIpc) is 2.66. The van der Waals surface area contributed by atoms with Gasteiger partial charge in [-0.15, -0.1) is 0 Å². The van der Waals surface area contributed by atoms with Gasteiger partial charge in [-0.1, -0.05) is 46.6 Å². The van der Waals surface area contributed by atoms with Crippen LogP contribution in [0, 0.1) is 12.8 Å². The molecule has 0 saturated carbocycles. The zero-order valence-electron chi connectivity index (χ0n) is 15.7. The lowest BCUT2D eigenvalue weighted by atomic mass is 9.98. The largest absolute Gasteiger partial charge is 0.338 e. The molecule has 3 aromatic rings. The molecule has 2 aromatic carbocycles. The molecule has 27 heavy (non-hydrogen) atoms. The maximum Gasteiger partial charge on any atom is 0.254 e. The second-order valence-electron chi connectivity index (χ2n) is 7.58. The number of amides is 1. The minimum Gasteiger partial charge on any atom is -0.338 e. The highest BCUT2D eigenvalue weighted by atomic mass is 79.9. The Morgan fingerprint density at radius 1 is 1.19 bits per heavy atom. The molecule has 1 aromatic heterocycles. The van der Waals surface area contributed by atoms with Crippen LogP contribution in [0.1, 0.15) is 35.7 Å². The van der Waals surface area contributed by atoms with Gasteiger partial charge in [0.05, 0.1) is 16.8 Å². The molecule has 3 nitrogen and oxygen atoms in total. The van der Waals surface area contributed by atoms with E-state index < -0.39 is 0 Å². The van der Waals surface area contributed by atoms with E-state index >= 15 is 0 Å². The molecular weight excluding hydrogens is 400 g/mol. The van der Waals surface area contributed by atoms with Crippen LogP contribution in [-0.4, -0.2) is 28.9 Å². The molecule has 0 bridgehead atoms. The summed E-state index contributed by atoms with van der Waals surface area (Å²) in [5.74, 6) is 0.666. The molecule has 0 radical (unpaired) electrons. The number of carbonyl (C=O) groups is 1. The molecule has 1 atom stereocenters. The van der Waals surface area contributed by atoms with Crippen molar-refractivity contribution in [3.05, 3.63) is 64.1 Å². The zero-order valence-corrected chi connectivity index (χ0v) is 17.3. The summed E-state index contributed by atoms with van der Waals surface area (Å²) < 4.78 is 0.959. The topological polar surface area (TPSA) is 33.2 Å². The summed E-state index contributed by atoms with van der Waals surface area (Å²) in [6.45, 7) is 5.96. The highest BCUT2D eigenvalue weighted by Gasteiger charge is 2.24. The number of aryl methyl sites for hydroxylation is 1. The van der Waals surface area contributed by atoms with Crippen molar-refractivity contribution in [2.75, 3.05) is 13.1 Å². The fourth-order valence-electron chi connectivity index (χ4n) is 3.87. The van der Waals surface area contributed by atoms with E-state index in [0.29, 0.717) is 5.92 Å². The van der Waals surface area contributed by atoms with Crippen molar-refractivity contribution >= 4 is 32.7 Å². The van der Waals surface area contributed by atoms with Crippen LogP contribution in [0.3, 0.4) is 0 Å². The van der Waals surface area contributed by atoms with Gasteiger partial charge in [0.1, 0.15) is 0 Å². The molecule has 138 valence electrons. The van der Waals surface area contributed by atoms with E-state index in [9.17, 15) is 4.79 Å². The van der Waals surface area contributed by atoms with Crippen molar-refractivity contribution in [2.45, 2.75) is 26.7 Å². The second-order valence-corrected chi connectivity index (χ2v) is 8.50. The molecule has 0 spiro atoms. The Balaban J connectivity index is 1.86. The first-order valence-corrected chi connectivity index (χ1v) is 10.3. The van der Waals surface area contributed by atoms with Crippen molar-refractivity contribution < 1.29 is 4.79 Å². The minimum atomic E-state index is 0.112. The lowest BCUT2D eigenvalue weighted by Crippen LogP contribution is -2.39. The van der Waals surface area contributed by atoms with Gasteiger partial charge in [0.15, 0.2) is 0 Å². The molecule has 1 fully saturated rings. The molecule has 2 heterocycles.